The lowest BCUT2D eigenvalue weighted by molar-refractivity contribution is -0.745. The van der Waals surface area contributed by atoms with Crippen molar-refractivity contribution in [2.24, 2.45) is 0 Å². The summed E-state index contributed by atoms with van der Waals surface area (Å²) in [6.07, 6.45) is 3.16. The molecule has 0 aliphatic carbocycles. The quantitative estimate of drug-likeness (QED) is 0.582. The maximum Gasteiger partial charge on any atom is 0.307 e. The molecule has 6 nitrogen and oxygen atoms in total. The lowest BCUT2D eigenvalue weighted by Gasteiger charge is -1.99. The van der Waals surface area contributed by atoms with Crippen LogP contribution in [0.25, 0.3) is 11.4 Å². The molecule has 0 aliphatic rings. The molecule has 2 aromatic heterocycles. The molecule has 0 amide bonds. The van der Waals surface area contributed by atoms with Crippen molar-refractivity contribution < 1.29 is 26.0 Å². The third-order valence-corrected chi connectivity index (χ3v) is 2.72. The van der Waals surface area contributed by atoms with Crippen molar-refractivity contribution in [3.05, 3.63) is 48.1 Å². The van der Waals surface area contributed by atoms with Gasteiger partial charge in [-0.3, -0.25) is 0 Å². The SMILES string of the molecule is Cc1ccc(F)cc1-c1noc(C[n+]2cnc[nH]2)n1.[Cl-]. The first-order chi connectivity index (χ1) is 9.22. The van der Waals surface area contributed by atoms with Gasteiger partial charge in [0.15, 0.2) is 6.54 Å². The Morgan fingerprint density at radius 2 is 2.25 bits per heavy atom. The van der Waals surface area contributed by atoms with Gasteiger partial charge < -0.3 is 16.9 Å². The van der Waals surface area contributed by atoms with E-state index in [1.807, 2.05) is 6.92 Å². The average Bonchev–Trinajstić information content (AvgIpc) is 3.04. The third kappa shape index (κ3) is 2.83. The third-order valence-electron chi connectivity index (χ3n) is 2.72. The van der Waals surface area contributed by atoms with Crippen LogP contribution in [0.1, 0.15) is 11.5 Å². The van der Waals surface area contributed by atoms with Crippen LogP contribution in [0.15, 0.2) is 35.4 Å². The fraction of sp³-hybridized carbons (Fsp3) is 0.167. The summed E-state index contributed by atoms with van der Waals surface area (Å²) >= 11 is 0. The van der Waals surface area contributed by atoms with Gasteiger partial charge >= 0.3 is 6.33 Å². The van der Waals surface area contributed by atoms with Crippen molar-refractivity contribution in [3.8, 4) is 11.4 Å². The van der Waals surface area contributed by atoms with Crippen molar-refractivity contribution in [3.63, 3.8) is 0 Å². The molecule has 0 saturated carbocycles. The van der Waals surface area contributed by atoms with E-state index in [-0.39, 0.29) is 18.2 Å². The zero-order valence-electron chi connectivity index (χ0n) is 10.5. The maximum absolute atomic E-state index is 13.2. The number of nitrogens with zero attached hydrogens (tertiary/aromatic N) is 4. The number of aromatic amines is 1. The molecule has 0 saturated heterocycles. The molecule has 0 bridgehead atoms. The summed E-state index contributed by atoms with van der Waals surface area (Å²) in [5.74, 6) is 0.481. The lowest BCUT2D eigenvalue weighted by atomic mass is 10.1. The second-order valence-corrected chi connectivity index (χ2v) is 4.12. The molecular weight excluding hydrogens is 285 g/mol. The molecule has 104 valence electrons. The van der Waals surface area contributed by atoms with Crippen molar-refractivity contribution in [1.29, 1.82) is 0 Å². The van der Waals surface area contributed by atoms with E-state index >= 15 is 0 Å². The van der Waals surface area contributed by atoms with E-state index in [0.29, 0.717) is 23.8 Å². The van der Waals surface area contributed by atoms with Gasteiger partial charge in [0.1, 0.15) is 5.82 Å². The Bertz CT molecular complexity index is 698. The zero-order valence-corrected chi connectivity index (χ0v) is 11.3. The van der Waals surface area contributed by atoms with Gasteiger partial charge in [0.05, 0.1) is 0 Å². The van der Waals surface area contributed by atoms with Gasteiger partial charge in [0.25, 0.3) is 5.89 Å². The minimum atomic E-state index is -0.324. The van der Waals surface area contributed by atoms with Crippen LogP contribution in [0.3, 0.4) is 0 Å². The summed E-state index contributed by atoms with van der Waals surface area (Å²) in [5.41, 5.74) is 1.52. The average molecular weight is 296 g/mol. The topological polar surface area (TPSA) is 71.5 Å². The number of halogens is 2. The number of benzene rings is 1. The fourth-order valence-electron chi connectivity index (χ4n) is 1.75. The number of nitrogens with one attached hydrogen (secondary N) is 1. The van der Waals surface area contributed by atoms with Crippen molar-refractivity contribution in [2.45, 2.75) is 13.5 Å². The predicted molar refractivity (Wildman–Crippen MR) is 62.3 cm³/mol. The molecule has 8 heteroatoms. The van der Waals surface area contributed by atoms with Gasteiger partial charge in [0, 0.05) is 5.56 Å². The van der Waals surface area contributed by atoms with Gasteiger partial charge in [-0.05, 0) is 29.6 Å². The molecule has 20 heavy (non-hydrogen) atoms. The van der Waals surface area contributed by atoms with E-state index in [9.17, 15) is 4.39 Å². The molecule has 0 spiro atoms. The van der Waals surface area contributed by atoms with Crippen LogP contribution < -0.4 is 17.1 Å². The van der Waals surface area contributed by atoms with Crippen LogP contribution in [0.2, 0.25) is 0 Å². The lowest BCUT2D eigenvalue weighted by Crippen LogP contribution is -3.00. The summed E-state index contributed by atoms with van der Waals surface area (Å²) in [7, 11) is 0. The molecular formula is C12H11ClFN5O. The van der Waals surface area contributed by atoms with E-state index in [2.05, 4.69) is 20.2 Å². The van der Waals surface area contributed by atoms with Crippen molar-refractivity contribution in [2.75, 3.05) is 0 Å². The molecule has 2 heterocycles. The number of aryl methyl sites for hydroxylation is 1. The maximum atomic E-state index is 13.2. The molecule has 1 aromatic carbocycles. The van der Waals surface area contributed by atoms with Crippen LogP contribution in [0, 0.1) is 12.7 Å². The highest BCUT2D eigenvalue weighted by atomic mass is 35.5. The number of aromatic nitrogens is 5. The standard InChI is InChI=1S/C12H10FN5O.ClH/c1-8-2-3-9(13)4-10(8)12-16-11(19-17-12)5-18-7-14-6-15-18;/h2-4,6-7H,5H2,1H3;1H. The number of H-pyrrole nitrogens is 1. The summed E-state index contributed by atoms with van der Waals surface area (Å²) in [6, 6.07) is 4.48. The smallest absolute Gasteiger partial charge is 0.307 e. The highest BCUT2D eigenvalue weighted by molar-refractivity contribution is 5.59. The van der Waals surface area contributed by atoms with E-state index in [1.54, 1.807) is 23.4 Å². The van der Waals surface area contributed by atoms with Crippen LogP contribution in [-0.4, -0.2) is 20.2 Å². The molecule has 0 fully saturated rings. The summed E-state index contributed by atoms with van der Waals surface area (Å²) in [6.45, 7) is 2.26. The first kappa shape index (κ1) is 14.1. The Hall–Kier alpha value is -2.28. The number of hydrogen-bond donors (Lipinski definition) is 1. The molecule has 0 radical (unpaired) electrons. The van der Waals surface area contributed by atoms with E-state index < -0.39 is 0 Å². The van der Waals surface area contributed by atoms with E-state index in [4.69, 9.17) is 4.52 Å². The molecule has 0 atom stereocenters. The van der Waals surface area contributed by atoms with Gasteiger partial charge in [-0.1, -0.05) is 11.2 Å². The van der Waals surface area contributed by atoms with Gasteiger partial charge in [-0.25, -0.2) is 4.39 Å². The monoisotopic (exact) mass is 295 g/mol. The molecule has 0 unspecified atom stereocenters. The van der Waals surface area contributed by atoms with Crippen molar-refractivity contribution in [1.82, 2.24) is 20.2 Å². The summed E-state index contributed by atoms with van der Waals surface area (Å²) < 4.78 is 20.1. The predicted octanol–water partition coefficient (Wildman–Crippen LogP) is -1.75. The highest BCUT2D eigenvalue weighted by Gasteiger charge is 2.14. The zero-order chi connectivity index (χ0) is 13.2. The first-order valence-corrected chi connectivity index (χ1v) is 5.69. The Morgan fingerprint density at radius 3 is 3.00 bits per heavy atom. The Morgan fingerprint density at radius 1 is 1.40 bits per heavy atom. The molecule has 3 rings (SSSR count). The second kappa shape index (κ2) is 5.79. The normalized spacial score (nSPS) is 10.3. The highest BCUT2D eigenvalue weighted by Crippen LogP contribution is 2.21. The van der Waals surface area contributed by atoms with Gasteiger partial charge in [0.2, 0.25) is 12.2 Å². The van der Waals surface area contributed by atoms with Crippen LogP contribution >= 0.6 is 0 Å². The van der Waals surface area contributed by atoms with E-state index in [1.165, 1.54) is 12.1 Å². The Labute approximate surface area is 120 Å². The minimum absolute atomic E-state index is 0. The first-order valence-electron chi connectivity index (χ1n) is 5.69. The van der Waals surface area contributed by atoms with Crippen molar-refractivity contribution >= 4 is 0 Å². The number of hydrogen-bond acceptors (Lipinski definition) is 4. The minimum Gasteiger partial charge on any atom is -1.00 e. The second-order valence-electron chi connectivity index (χ2n) is 4.12. The van der Waals surface area contributed by atoms with Crippen LogP contribution in [0.4, 0.5) is 4.39 Å². The largest absolute Gasteiger partial charge is 1.00 e. The summed E-state index contributed by atoms with van der Waals surface area (Å²) in [5, 5.41) is 6.74. The Kier molecular flexibility index (Phi) is 4.09. The Balaban J connectivity index is 0.00000147. The van der Waals surface area contributed by atoms with E-state index in [0.717, 1.165) is 5.56 Å². The van der Waals surface area contributed by atoms with Gasteiger partial charge in [-0.2, -0.15) is 10.1 Å². The fourth-order valence-corrected chi connectivity index (χ4v) is 1.75. The molecule has 0 aliphatic heterocycles. The molecule has 3 aromatic rings. The molecule has 1 N–H and O–H groups in total. The van der Waals surface area contributed by atoms with Crippen LogP contribution in [0.5, 0.6) is 0 Å². The number of rotatable bonds is 3. The summed E-state index contributed by atoms with van der Waals surface area (Å²) in [4.78, 5) is 8.12. The van der Waals surface area contributed by atoms with Gasteiger partial charge in [-0.15, -0.1) is 4.68 Å². The van der Waals surface area contributed by atoms with Crippen LogP contribution in [-0.2, 0) is 6.54 Å².